The van der Waals surface area contributed by atoms with Crippen LogP contribution < -0.4 is 0 Å². The van der Waals surface area contributed by atoms with Crippen molar-refractivity contribution in [2.45, 2.75) is 142 Å². The van der Waals surface area contributed by atoms with Crippen LogP contribution in [0.1, 0.15) is 141 Å². The quantitative estimate of drug-likeness (QED) is 0.0711. The molecule has 0 amide bonds. The minimum absolute atomic E-state index is 0.0294. The van der Waals surface area contributed by atoms with Gasteiger partial charge in [-0.3, -0.25) is 10.1 Å². The molecule has 0 aromatic heterocycles. The zero-order chi connectivity index (χ0) is 29.5. The van der Waals surface area contributed by atoms with Crippen LogP contribution >= 0.6 is 0 Å². The first-order valence-corrected chi connectivity index (χ1v) is 16.6. The highest BCUT2D eigenvalue weighted by molar-refractivity contribution is 5.95. The molecule has 0 spiro atoms. The Kier molecular flexibility index (Phi) is 13.9. The third-order valence-electron chi connectivity index (χ3n) is 9.06. The maximum atomic E-state index is 11.3. The van der Waals surface area contributed by atoms with E-state index in [4.69, 9.17) is 0 Å². The fraction of sp³-hybridized carbons (Fsp3) is 0.639. The summed E-state index contributed by atoms with van der Waals surface area (Å²) in [5.74, 6) is 0.133. The van der Waals surface area contributed by atoms with E-state index in [1.165, 1.54) is 131 Å². The molecule has 0 bridgehead atoms. The molecule has 5 heteroatoms. The minimum Gasteiger partial charge on any atom is -0.508 e. The largest absolute Gasteiger partial charge is 0.508 e. The molecule has 2 aromatic rings. The van der Waals surface area contributed by atoms with Crippen LogP contribution in [0.2, 0.25) is 0 Å². The summed E-state index contributed by atoms with van der Waals surface area (Å²) >= 11 is 0. The number of para-hydroxylation sites is 1. The maximum absolute atomic E-state index is 11.3. The first-order valence-electron chi connectivity index (χ1n) is 16.6. The van der Waals surface area contributed by atoms with Gasteiger partial charge in [-0.2, -0.15) is 4.58 Å². The fourth-order valence-corrected chi connectivity index (χ4v) is 6.54. The molecule has 0 saturated heterocycles. The summed E-state index contributed by atoms with van der Waals surface area (Å²) in [6, 6.07) is 13.0. The molecule has 1 aliphatic rings. The summed E-state index contributed by atoms with van der Waals surface area (Å²) in [5.41, 5.74) is 4.53. The molecule has 1 aliphatic heterocycles. The van der Waals surface area contributed by atoms with Gasteiger partial charge in [-0.25, -0.2) is 0 Å². The highest BCUT2D eigenvalue weighted by atomic mass is 16.6. The maximum Gasteiger partial charge on any atom is 0.269 e. The third-order valence-corrected chi connectivity index (χ3v) is 9.06. The van der Waals surface area contributed by atoms with E-state index in [1.54, 1.807) is 0 Å². The van der Waals surface area contributed by atoms with Crippen molar-refractivity contribution in [1.82, 2.24) is 0 Å². The normalized spacial score (nSPS) is 14.0. The standard InChI is InChI=1S/C36H54N2O3/c1-4-5-6-7-8-9-10-11-12-13-14-15-16-17-18-21-28-37-33-23-20-19-22-32(33)36(2,3)35(37)27-24-30-29-31(38(40)41)25-26-34(30)39/h19-20,22-23,25-26,29H,4-18,21,24,27-28H2,1-3H3/p+1. The van der Waals surface area contributed by atoms with Crippen molar-refractivity contribution in [3.05, 3.63) is 63.7 Å². The summed E-state index contributed by atoms with van der Waals surface area (Å²) in [7, 11) is 0. The van der Waals surface area contributed by atoms with E-state index >= 15 is 0 Å². The van der Waals surface area contributed by atoms with Crippen molar-refractivity contribution >= 4 is 17.1 Å². The number of nitrogens with zero attached hydrogens (tertiary/aromatic N) is 2. The van der Waals surface area contributed by atoms with Crippen LogP contribution in [0.25, 0.3) is 0 Å². The smallest absolute Gasteiger partial charge is 0.269 e. The Labute approximate surface area is 249 Å². The number of non-ortho nitro benzene ring substituents is 1. The van der Waals surface area contributed by atoms with E-state index in [0.29, 0.717) is 12.0 Å². The van der Waals surface area contributed by atoms with Gasteiger partial charge in [0, 0.05) is 42.2 Å². The third kappa shape index (κ3) is 9.97. The monoisotopic (exact) mass is 563 g/mol. The highest BCUT2D eigenvalue weighted by Crippen LogP contribution is 2.41. The summed E-state index contributed by atoms with van der Waals surface area (Å²) in [5, 5.41) is 21.6. The lowest BCUT2D eigenvalue weighted by Gasteiger charge is -2.18. The lowest BCUT2D eigenvalue weighted by atomic mass is 9.79. The van der Waals surface area contributed by atoms with E-state index < -0.39 is 4.92 Å². The van der Waals surface area contributed by atoms with E-state index in [9.17, 15) is 15.2 Å². The molecule has 226 valence electrons. The van der Waals surface area contributed by atoms with E-state index in [0.717, 1.165) is 19.4 Å². The second-order valence-corrected chi connectivity index (χ2v) is 12.6. The summed E-state index contributed by atoms with van der Waals surface area (Å²) < 4.78 is 2.49. The van der Waals surface area contributed by atoms with Crippen LogP contribution in [0, 0.1) is 10.1 Å². The second-order valence-electron chi connectivity index (χ2n) is 12.6. The van der Waals surface area contributed by atoms with Crippen molar-refractivity contribution in [3.8, 4) is 5.75 Å². The Balaban J connectivity index is 1.42. The molecule has 1 N–H and O–H groups in total. The van der Waals surface area contributed by atoms with Gasteiger partial charge >= 0.3 is 0 Å². The highest BCUT2D eigenvalue weighted by Gasteiger charge is 2.44. The predicted molar refractivity (Wildman–Crippen MR) is 172 cm³/mol. The molecule has 0 unspecified atom stereocenters. The number of rotatable bonds is 21. The van der Waals surface area contributed by atoms with Gasteiger partial charge < -0.3 is 5.11 Å². The number of fused-ring (bicyclic) bond motifs is 1. The molecular formula is C36H55N2O3+. The molecule has 1 heterocycles. The number of aryl methyl sites for hydroxylation is 1. The molecule has 0 atom stereocenters. The van der Waals surface area contributed by atoms with Gasteiger partial charge in [0.25, 0.3) is 5.69 Å². The zero-order valence-electron chi connectivity index (χ0n) is 26.1. The number of benzene rings is 2. The predicted octanol–water partition coefficient (Wildman–Crippen LogP) is 10.6. The van der Waals surface area contributed by atoms with Crippen LogP contribution in [-0.2, 0) is 11.8 Å². The topological polar surface area (TPSA) is 66.4 Å². The number of unbranched alkanes of at least 4 members (excludes halogenated alkanes) is 15. The van der Waals surface area contributed by atoms with Gasteiger partial charge in [0.2, 0.25) is 5.69 Å². The van der Waals surface area contributed by atoms with Gasteiger partial charge in [-0.15, -0.1) is 0 Å². The van der Waals surface area contributed by atoms with Crippen molar-refractivity contribution in [2.24, 2.45) is 0 Å². The Morgan fingerprint density at radius 1 is 0.756 bits per heavy atom. The number of nitro benzene ring substituents is 1. The van der Waals surface area contributed by atoms with Gasteiger partial charge in [0.1, 0.15) is 12.3 Å². The molecule has 41 heavy (non-hydrogen) atoms. The lowest BCUT2D eigenvalue weighted by molar-refractivity contribution is -0.440. The van der Waals surface area contributed by atoms with Crippen LogP contribution in [-0.4, -0.2) is 26.9 Å². The van der Waals surface area contributed by atoms with E-state index in [-0.39, 0.29) is 16.9 Å². The van der Waals surface area contributed by atoms with E-state index in [2.05, 4.69) is 49.6 Å². The van der Waals surface area contributed by atoms with Crippen LogP contribution in [0.15, 0.2) is 42.5 Å². The molecule has 0 radical (unpaired) electrons. The van der Waals surface area contributed by atoms with Gasteiger partial charge in [0.05, 0.1) is 10.3 Å². The van der Waals surface area contributed by atoms with Crippen molar-refractivity contribution in [1.29, 1.82) is 0 Å². The Hall–Kier alpha value is -2.69. The van der Waals surface area contributed by atoms with Crippen molar-refractivity contribution < 1.29 is 14.6 Å². The van der Waals surface area contributed by atoms with E-state index in [1.807, 2.05) is 0 Å². The first-order chi connectivity index (χ1) is 19.9. The number of aromatic hydroxyl groups is 1. The number of nitro groups is 1. The van der Waals surface area contributed by atoms with Crippen LogP contribution in [0.5, 0.6) is 5.75 Å². The molecule has 0 saturated carbocycles. The lowest BCUT2D eigenvalue weighted by Crippen LogP contribution is -2.30. The molecular weight excluding hydrogens is 508 g/mol. The van der Waals surface area contributed by atoms with Crippen molar-refractivity contribution in [3.63, 3.8) is 0 Å². The summed E-state index contributed by atoms with van der Waals surface area (Å²) in [6.07, 6.45) is 23.2. The Bertz CT molecular complexity index is 1120. The molecule has 5 nitrogen and oxygen atoms in total. The van der Waals surface area contributed by atoms with Crippen LogP contribution in [0.4, 0.5) is 11.4 Å². The fourth-order valence-electron chi connectivity index (χ4n) is 6.54. The minimum atomic E-state index is -0.394. The Morgan fingerprint density at radius 2 is 1.29 bits per heavy atom. The summed E-state index contributed by atoms with van der Waals surface area (Å²) in [4.78, 5) is 10.9. The second kappa shape index (κ2) is 17.3. The van der Waals surface area contributed by atoms with Crippen molar-refractivity contribution in [2.75, 3.05) is 6.54 Å². The number of hydrogen-bond acceptors (Lipinski definition) is 3. The number of hydrogen-bond donors (Lipinski definition) is 1. The molecule has 0 aliphatic carbocycles. The SMILES string of the molecule is CCCCCCCCCCCCCCCCCC[N+]1=C(CCc2cc([N+](=O)[O-])ccc2O)C(C)(C)c2ccccc21. The first kappa shape index (κ1) is 32.8. The van der Waals surface area contributed by atoms with Gasteiger partial charge in [-0.1, -0.05) is 115 Å². The molecule has 0 fully saturated rings. The molecule has 3 rings (SSSR count). The average molecular weight is 564 g/mol. The Morgan fingerprint density at radius 3 is 1.85 bits per heavy atom. The van der Waals surface area contributed by atoms with Crippen LogP contribution in [0.3, 0.4) is 0 Å². The zero-order valence-corrected chi connectivity index (χ0v) is 26.1. The molecule has 2 aromatic carbocycles. The number of phenolic OH excluding ortho intramolecular Hbond substituents is 1. The van der Waals surface area contributed by atoms with Gasteiger partial charge in [0.15, 0.2) is 5.71 Å². The summed E-state index contributed by atoms with van der Waals surface area (Å²) in [6.45, 7) is 7.84. The number of phenols is 1. The average Bonchev–Trinajstić information content (AvgIpc) is 3.17. The van der Waals surface area contributed by atoms with Gasteiger partial charge in [-0.05, 0) is 32.8 Å².